The highest BCUT2D eigenvalue weighted by Crippen LogP contribution is 2.34. The summed E-state index contributed by atoms with van der Waals surface area (Å²) in [7, 11) is -3.68. The maximum atomic E-state index is 12.9. The lowest BCUT2D eigenvalue weighted by molar-refractivity contribution is 0.601. The molecule has 1 N–H and O–H groups in total. The predicted molar refractivity (Wildman–Crippen MR) is 111 cm³/mol. The van der Waals surface area contributed by atoms with Crippen LogP contribution in [0.5, 0.6) is 0 Å². The first kappa shape index (κ1) is 17.3. The van der Waals surface area contributed by atoms with Crippen LogP contribution in [0.4, 0.5) is 5.69 Å². The number of aryl methyl sites for hydroxylation is 1. The van der Waals surface area contributed by atoms with Crippen molar-refractivity contribution in [2.75, 3.05) is 4.72 Å². The molecule has 0 saturated carbocycles. The van der Waals surface area contributed by atoms with E-state index in [-0.39, 0.29) is 4.90 Å². The summed E-state index contributed by atoms with van der Waals surface area (Å²) >= 11 is 0. The zero-order chi connectivity index (χ0) is 18.9. The van der Waals surface area contributed by atoms with Gasteiger partial charge in [-0.15, -0.1) is 0 Å². The summed E-state index contributed by atoms with van der Waals surface area (Å²) in [5.74, 6) is 0. The van der Waals surface area contributed by atoms with Gasteiger partial charge in [0.25, 0.3) is 10.0 Å². The monoisotopic (exact) mass is 373 g/mol. The van der Waals surface area contributed by atoms with Gasteiger partial charge in [0, 0.05) is 5.56 Å². The van der Waals surface area contributed by atoms with Gasteiger partial charge in [-0.3, -0.25) is 4.72 Å². The van der Waals surface area contributed by atoms with Gasteiger partial charge in [-0.05, 0) is 47.5 Å². The van der Waals surface area contributed by atoms with E-state index >= 15 is 0 Å². The van der Waals surface area contributed by atoms with Crippen LogP contribution in [0, 0.1) is 6.92 Å². The van der Waals surface area contributed by atoms with Crippen LogP contribution in [0.25, 0.3) is 21.9 Å². The van der Waals surface area contributed by atoms with Gasteiger partial charge >= 0.3 is 0 Å². The van der Waals surface area contributed by atoms with Gasteiger partial charge in [-0.2, -0.15) is 0 Å². The van der Waals surface area contributed by atoms with Crippen molar-refractivity contribution in [3.8, 4) is 11.1 Å². The van der Waals surface area contributed by atoms with Crippen molar-refractivity contribution in [2.24, 2.45) is 0 Å². The maximum absolute atomic E-state index is 12.9. The van der Waals surface area contributed by atoms with Gasteiger partial charge < -0.3 is 0 Å². The summed E-state index contributed by atoms with van der Waals surface area (Å²) < 4.78 is 28.6. The molecule has 4 aromatic rings. The standard InChI is InChI=1S/C23H19NO2S/c1-17-11-13-21(14-12-17)27(25,26)24-23-16-20-10-6-5-9-19(20)15-22(23)18-7-3-2-4-8-18/h2-16,24H,1H3. The summed E-state index contributed by atoms with van der Waals surface area (Å²) in [6.07, 6.45) is 0. The van der Waals surface area contributed by atoms with Gasteiger partial charge in [-0.25, -0.2) is 8.42 Å². The minimum absolute atomic E-state index is 0.250. The molecule has 0 saturated heterocycles. The summed E-state index contributed by atoms with van der Waals surface area (Å²) in [6.45, 7) is 1.93. The van der Waals surface area contributed by atoms with E-state index in [0.717, 1.165) is 27.5 Å². The molecule has 0 aliphatic rings. The molecule has 0 bridgehead atoms. The highest BCUT2D eigenvalue weighted by atomic mass is 32.2. The molecular formula is C23H19NO2S. The van der Waals surface area contributed by atoms with Crippen molar-refractivity contribution in [1.82, 2.24) is 0 Å². The van der Waals surface area contributed by atoms with Crippen LogP contribution < -0.4 is 4.72 Å². The Morgan fingerprint density at radius 1 is 0.704 bits per heavy atom. The molecule has 0 aliphatic carbocycles. The molecule has 4 heteroatoms. The first-order valence-corrected chi connectivity index (χ1v) is 10.2. The average Bonchev–Trinajstić information content (AvgIpc) is 2.68. The average molecular weight is 373 g/mol. The van der Waals surface area contributed by atoms with E-state index in [2.05, 4.69) is 4.72 Å². The lowest BCUT2D eigenvalue weighted by Crippen LogP contribution is -2.13. The Morgan fingerprint density at radius 3 is 1.96 bits per heavy atom. The van der Waals surface area contributed by atoms with Gasteiger partial charge in [0.15, 0.2) is 0 Å². The SMILES string of the molecule is Cc1ccc(S(=O)(=O)Nc2cc3ccccc3cc2-c2ccccc2)cc1. The van der Waals surface area contributed by atoms with Crippen LogP contribution in [0.1, 0.15) is 5.56 Å². The third-order valence-electron chi connectivity index (χ3n) is 4.55. The fourth-order valence-corrected chi connectivity index (χ4v) is 4.17. The Labute approximate surface area is 159 Å². The topological polar surface area (TPSA) is 46.2 Å². The first-order valence-electron chi connectivity index (χ1n) is 8.71. The lowest BCUT2D eigenvalue weighted by Gasteiger charge is -2.15. The predicted octanol–water partition coefficient (Wildman–Crippen LogP) is 5.62. The van der Waals surface area contributed by atoms with Crippen molar-refractivity contribution >= 4 is 26.5 Å². The molecule has 3 nitrogen and oxygen atoms in total. The van der Waals surface area contributed by atoms with Crippen LogP contribution in [0.2, 0.25) is 0 Å². The molecule has 0 aliphatic heterocycles. The number of anilines is 1. The zero-order valence-electron chi connectivity index (χ0n) is 14.9. The van der Waals surface area contributed by atoms with E-state index in [9.17, 15) is 8.42 Å². The van der Waals surface area contributed by atoms with E-state index in [1.807, 2.05) is 73.7 Å². The number of sulfonamides is 1. The molecule has 0 unspecified atom stereocenters. The molecule has 4 rings (SSSR count). The number of benzene rings is 4. The number of fused-ring (bicyclic) bond motifs is 1. The van der Waals surface area contributed by atoms with Crippen LogP contribution in [-0.4, -0.2) is 8.42 Å². The smallest absolute Gasteiger partial charge is 0.261 e. The molecule has 0 fully saturated rings. The molecule has 0 atom stereocenters. The number of nitrogens with one attached hydrogen (secondary N) is 1. The second kappa shape index (κ2) is 6.89. The minimum atomic E-state index is -3.68. The van der Waals surface area contributed by atoms with Crippen molar-refractivity contribution in [1.29, 1.82) is 0 Å². The Bertz CT molecular complexity index is 1200. The largest absolute Gasteiger partial charge is 0.279 e. The van der Waals surface area contributed by atoms with Crippen molar-refractivity contribution in [2.45, 2.75) is 11.8 Å². The molecule has 0 radical (unpaired) electrons. The first-order chi connectivity index (χ1) is 13.0. The summed E-state index contributed by atoms with van der Waals surface area (Å²) in [4.78, 5) is 0.250. The summed E-state index contributed by atoms with van der Waals surface area (Å²) in [5.41, 5.74) is 3.40. The molecule has 134 valence electrons. The number of hydrogen-bond acceptors (Lipinski definition) is 2. The third-order valence-corrected chi connectivity index (χ3v) is 5.93. The molecule has 0 aromatic heterocycles. The number of hydrogen-bond donors (Lipinski definition) is 1. The van der Waals surface area contributed by atoms with Gasteiger partial charge in [0.05, 0.1) is 10.6 Å². The van der Waals surface area contributed by atoms with Crippen LogP contribution in [0.15, 0.2) is 95.9 Å². The molecular weight excluding hydrogens is 354 g/mol. The molecule has 27 heavy (non-hydrogen) atoms. The lowest BCUT2D eigenvalue weighted by atomic mass is 9.99. The van der Waals surface area contributed by atoms with Gasteiger partial charge in [0.2, 0.25) is 0 Å². The van der Waals surface area contributed by atoms with E-state index in [1.165, 1.54) is 0 Å². The molecule has 4 aromatic carbocycles. The van der Waals surface area contributed by atoms with Crippen LogP contribution in [0.3, 0.4) is 0 Å². The number of rotatable bonds is 4. The Balaban J connectivity index is 1.86. The zero-order valence-corrected chi connectivity index (χ0v) is 15.7. The molecule has 0 heterocycles. The Morgan fingerprint density at radius 2 is 1.30 bits per heavy atom. The highest BCUT2D eigenvalue weighted by Gasteiger charge is 2.17. The van der Waals surface area contributed by atoms with Crippen molar-refractivity contribution in [3.63, 3.8) is 0 Å². The van der Waals surface area contributed by atoms with Crippen molar-refractivity contribution in [3.05, 3.63) is 96.6 Å². The minimum Gasteiger partial charge on any atom is -0.279 e. The fourth-order valence-electron chi connectivity index (χ4n) is 3.10. The summed E-state index contributed by atoms with van der Waals surface area (Å²) in [5, 5.41) is 2.05. The Hall–Kier alpha value is -3.11. The fraction of sp³-hybridized carbons (Fsp3) is 0.0435. The van der Waals surface area contributed by atoms with E-state index in [4.69, 9.17) is 0 Å². The summed E-state index contributed by atoms with van der Waals surface area (Å²) in [6, 6.07) is 28.5. The second-order valence-electron chi connectivity index (χ2n) is 6.53. The normalized spacial score (nSPS) is 11.4. The quantitative estimate of drug-likeness (QED) is 0.505. The van der Waals surface area contributed by atoms with Crippen LogP contribution in [-0.2, 0) is 10.0 Å². The molecule has 0 spiro atoms. The Kier molecular flexibility index (Phi) is 4.42. The van der Waals surface area contributed by atoms with Crippen molar-refractivity contribution < 1.29 is 8.42 Å². The van der Waals surface area contributed by atoms with Gasteiger partial charge in [-0.1, -0.05) is 72.3 Å². The van der Waals surface area contributed by atoms with E-state index < -0.39 is 10.0 Å². The maximum Gasteiger partial charge on any atom is 0.261 e. The van der Waals surface area contributed by atoms with E-state index in [0.29, 0.717) is 5.69 Å². The van der Waals surface area contributed by atoms with Crippen LogP contribution >= 0.6 is 0 Å². The third kappa shape index (κ3) is 3.57. The highest BCUT2D eigenvalue weighted by molar-refractivity contribution is 7.92. The van der Waals surface area contributed by atoms with Gasteiger partial charge in [0.1, 0.15) is 0 Å². The second-order valence-corrected chi connectivity index (χ2v) is 8.21. The van der Waals surface area contributed by atoms with E-state index in [1.54, 1.807) is 24.3 Å². The molecule has 0 amide bonds.